The summed E-state index contributed by atoms with van der Waals surface area (Å²) in [6.45, 7) is 2.16. The Morgan fingerprint density at radius 1 is 0.962 bits per heavy atom. The summed E-state index contributed by atoms with van der Waals surface area (Å²) in [6, 6.07) is 0. The maximum absolute atomic E-state index is 11.9. The minimum Gasteiger partial charge on any atom is -0.481 e. The number of carboxylic acid groups (broad SMARTS) is 1. The Kier molecular flexibility index (Phi) is 11.4. The first kappa shape index (κ1) is 23.4. The van der Waals surface area contributed by atoms with E-state index >= 15 is 0 Å². The summed E-state index contributed by atoms with van der Waals surface area (Å²) in [4.78, 5) is 30.0. The van der Waals surface area contributed by atoms with E-state index in [2.05, 4.69) is 19.1 Å². The van der Waals surface area contributed by atoms with Crippen molar-refractivity contribution in [2.24, 2.45) is 11.8 Å². The Bertz CT molecular complexity index is 471. The van der Waals surface area contributed by atoms with Crippen LogP contribution in [0.2, 0.25) is 0 Å². The molecular formula is C20H37O5P. The highest BCUT2D eigenvalue weighted by Crippen LogP contribution is 2.51. The number of hydrogen-bond acceptors (Lipinski definition) is 2. The van der Waals surface area contributed by atoms with Gasteiger partial charge in [0.25, 0.3) is 0 Å². The Balaban J connectivity index is 2.35. The summed E-state index contributed by atoms with van der Waals surface area (Å²) < 4.78 is 11.9. The molecule has 0 aromatic rings. The van der Waals surface area contributed by atoms with Gasteiger partial charge in [0.05, 0.1) is 5.66 Å². The first-order valence-electron chi connectivity index (χ1n) is 10.3. The van der Waals surface area contributed by atoms with Gasteiger partial charge in [-0.05, 0) is 37.5 Å². The minimum atomic E-state index is -4.06. The number of carboxylic acids is 1. The molecule has 6 heteroatoms. The second-order valence-corrected chi connectivity index (χ2v) is 9.59. The van der Waals surface area contributed by atoms with Crippen molar-refractivity contribution in [1.29, 1.82) is 0 Å². The molecule has 26 heavy (non-hydrogen) atoms. The molecule has 0 saturated carbocycles. The average molecular weight is 388 g/mol. The van der Waals surface area contributed by atoms with Crippen LogP contribution in [0.1, 0.15) is 90.4 Å². The topological polar surface area (TPSA) is 94.8 Å². The highest BCUT2D eigenvalue weighted by molar-refractivity contribution is 7.52. The molecule has 152 valence electrons. The molecule has 0 bridgehead atoms. The van der Waals surface area contributed by atoms with E-state index in [9.17, 15) is 19.1 Å². The third-order valence-corrected chi connectivity index (χ3v) is 6.92. The zero-order chi connectivity index (χ0) is 19.4. The number of allylic oxidation sites excluding steroid dienone is 2. The van der Waals surface area contributed by atoms with Gasteiger partial charge in [-0.25, -0.2) is 0 Å². The van der Waals surface area contributed by atoms with Crippen LogP contribution < -0.4 is 0 Å². The van der Waals surface area contributed by atoms with Gasteiger partial charge in [-0.3, -0.25) is 9.36 Å². The van der Waals surface area contributed by atoms with Crippen molar-refractivity contribution in [3.05, 3.63) is 12.2 Å². The van der Waals surface area contributed by atoms with Crippen LogP contribution in [0, 0.1) is 11.8 Å². The lowest BCUT2D eigenvalue weighted by Gasteiger charge is -2.32. The molecule has 3 unspecified atom stereocenters. The smallest absolute Gasteiger partial charge is 0.329 e. The summed E-state index contributed by atoms with van der Waals surface area (Å²) in [5, 5.41) is 8.61. The van der Waals surface area contributed by atoms with Crippen molar-refractivity contribution in [1.82, 2.24) is 0 Å². The fourth-order valence-corrected chi connectivity index (χ4v) is 5.19. The maximum Gasteiger partial charge on any atom is 0.329 e. The molecule has 0 heterocycles. The predicted octanol–water partition coefficient (Wildman–Crippen LogP) is 5.51. The minimum absolute atomic E-state index is 0.0139. The molecular weight excluding hydrogens is 351 g/mol. The summed E-state index contributed by atoms with van der Waals surface area (Å²) in [5.74, 6) is -0.455. The van der Waals surface area contributed by atoms with Gasteiger partial charge in [-0.2, -0.15) is 0 Å². The molecule has 0 aromatic carbocycles. The van der Waals surface area contributed by atoms with Gasteiger partial charge in [0.15, 0.2) is 0 Å². The Labute approximate surface area is 158 Å². The second-order valence-electron chi connectivity index (χ2n) is 7.75. The van der Waals surface area contributed by atoms with Crippen LogP contribution in [-0.4, -0.2) is 26.5 Å². The highest BCUT2D eigenvalue weighted by Gasteiger charge is 2.38. The van der Waals surface area contributed by atoms with Crippen molar-refractivity contribution in [3.8, 4) is 0 Å². The zero-order valence-electron chi connectivity index (χ0n) is 16.2. The van der Waals surface area contributed by atoms with Gasteiger partial charge in [-0.15, -0.1) is 0 Å². The molecule has 5 nitrogen and oxygen atoms in total. The fraction of sp³-hybridized carbons (Fsp3) is 0.850. The average Bonchev–Trinajstić information content (AvgIpc) is 2.57. The standard InChI is InChI=1S/C20H37O5P/c1-2-3-4-9-12-18-15-14-17(16-19(18)26(23,24)25)11-8-6-5-7-10-13-20(21)22/h14-15,17-19H,2-13,16H2,1H3,(H,21,22)(H2,23,24,25). The zero-order valence-corrected chi connectivity index (χ0v) is 17.1. The van der Waals surface area contributed by atoms with Crippen molar-refractivity contribution < 1.29 is 24.3 Å². The Hall–Kier alpha value is -0.640. The quantitative estimate of drug-likeness (QED) is 0.207. The van der Waals surface area contributed by atoms with Crippen LogP contribution in [0.25, 0.3) is 0 Å². The fourth-order valence-electron chi connectivity index (χ4n) is 3.90. The molecule has 1 aliphatic rings. The number of hydrogen-bond donors (Lipinski definition) is 3. The van der Waals surface area contributed by atoms with E-state index < -0.39 is 19.2 Å². The number of carbonyl (C=O) groups is 1. The van der Waals surface area contributed by atoms with Crippen LogP contribution >= 0.6 is 7.60 Å². The molecule has 0 saturated heterocycles. The third kappa shape index (κ3) is 9.89. The van der Waals surface area contributed by atoms with Gasteiger partial charge in [-0.1, -0.05) is 70.4 Å². The van der Waals surface area contributed by atoms with E-state index in [0.29, 0.717) is 6.42 Å². The van der Waals surface area contributed by atoms with Crippen LogP contribution in [0.15, 0.2) is 12.2 Å². The van der Waals surface area contributed by atoms with Crippen LogP contribution in [0.5, 0.6) is 0 Å². The van der Waals surface area contributed by atoms with E-state index in [1.807, 2.05) is 0 Å². The monoisotopic (exact) mass is 388 g/mol. The van der Waals surface area contributed by atoms with E-state index in [1.54, 1.807) is 0 Å². The molecule has 0 radical (unpaired) electrons. The third-order valence-electron chi connectivity index (χ3n) is 5.46. The van der Waals surface area contributed by atoms with Crippen molar-refractivity contribution in [3.63, 3.8) is 0 Å². The Morgan fingerprint density at radius 2 is 1.58 bits per heavy atom. The maximum atomic E-state index is 11.9. The van der Waals surface area contributed by atoms with Gasteiger partial charge < -0.3 is 14.9 Å². The molecule has 0 fully saturated rings. The van der Waals surface area contributed by atoms with E-state index in [0.717, 1.165) is 57.8 Å². The van der Waals surface area contributed by atoms with E-state index in [4.69, 9.17) is 5.11 Å². The summed E-state index contributed by atoms with van der Waals surface area (Å²) in [5.41, 5.74) is -0.519. The molecule has 0 spiro atoms. The van der Waals surface area contributed by atoms with Gasteiger partial charge in [0, 0.05) is 6.42 Å². The van der Waals surface area contributed by atoms with Crippen LogP contribution in [0.4, 0.5) is 0 Å². The van der Waals surface area contributed by atoms with E-state index in [-0.39, 0.29) is 18.3 Å². The highest BCUT2D eigenvalue weighted by atomic mass is 31.2. The number of aliphatic carboxylic acids is 1. The first-order valence-corrected chi connectivity index (χ1v) is 12.0. The number of rotatable bonds is 14. The molecule has 0 amide bonds. The molecule has 0 aliphatic heterocycles. The molecule has 1 aliphatic carbocycles. The lowest BCUT2D eigenvalue weighted by Crippen LogP contribution is -2.26. The number of unbranched alkanes of at least 4 members (excludes halogenated alkanes) is 7. The van der Waals surface area contributed by atoms with Gasteiger partial charge in [0.2, 0.25) is 0 Å². The van der Waals surface area contributed by atoms with E-state index in [1.165, 1.54) is 12.8 Å². The molecule has 3 atom stereocenters. The van der Waals surface area contributed by atoms with Crippen LogP contribution in [0.3, 0.4) is 0 Å². The van der Waals surface area contributed by atoms with Gasteiger partial charge >= 0.3 is 13.6 Å². The molecule has 0 aromatic heterocycles. The first-order chi connectivity index (χ1) is 12.3. The molecule has 3 N–H and O–H groups in total. The summed E-state index contributed by atoms with van der Waals surface area (Å²) in [7, 11) is -4.06. The second kappa shape index (κ2) is 12.7. The van der Waals surface area contributed by atoms with Crippen molar-refractivity contribution >= 4 is 13.6 Å². The predicted molar refractivity (Wildman–Crippen MR) is 105 cm³/mol. The molecule has 1 rings (SSSR count). The lowest BCUT2D eigenvalue weighted by atomic mass is 9.83. The largest absolute Gasteiger partial charge is 0.481 e. The van der Waals surface area contributed by atoms with Crippen LogP contribution in [-0.2, 0) is 9.36 Å². The summed E-state index contributed by atoms with van der Waals surface area (Å²) in [6.07, 6.45) is 16.3. The SMILES string of the molecule is CCCCCCC1C=CC(CCCCCCCC(=O)O)CC1P(=O)(O)O. The normalized spacial score (nSPS) is 23.3. The lowest BCUT2D eigenvalue weighted by molar-refractivity contribution is -0.137. The van der Waals surface area contributed by atoms with Crippen molar-refractivity contribution in [2.75, 3.05) is 0 Å². The van der Waals surface area contributed by atoms with Gasteiger partial charge in [0.1, 0.15) is 0 Å². The Morgan fingerprint density at radius 3 is 2.23 bits per heavy atom. The van der Waals surface area contributed by atoms with Crippen molar-refractivity contribution in [2.45, 2.75) is 96.1 Å². The summed E-state index contributed by atoms with van der Waals surface area (Å²) >= 11 is 0.